The standard InChI is InChI=1S/C31H27Cl5N6O3/c1-5-19(43)40-8-10-41(11-9-40)28-16-12-18(32)26(20-21(33)22(34)23(35)24(36)29(20)44)39-30(16)42(31(45)17(28)13-37)27-15(4)6-7-38-25(27)14(2)3/h5-7,12,14-15,27,44H,1,8-11H2,2-4H3/t15-,27?/m1/s1. The minimum Gasteiger partial charge on any atom is -0.506 e. The summed E-state index contributed by atoms with van der Waals surface area (Å²) in [7, 11) is 0. The first-order valence-electron chi connectivity index (χ1n) is 14.0. The van der Waals surface area contributed by atoms with Crippen LogP contribution >= 0.6 is 58.0 Å². The van der Waals surface area contributed by atoms with E-state index < -0.39 is 17.4 Å². The van der Waals surface area contributed by atoms with Crippen molar-refractivity contribution in [3.63, 3.8) is 0 Å². The molecule has 1 amide bonds. The average Bonchev–Trinajstić information content (AvgIpc) is 3.02. The van der Waals surface area contributed by atoms with Crippen LogP contribution in [0.1, 0.15) is 32.4 Å². The maximum atomic E-state index is 14.5. The summed E-state index contributed by atoms with van der Waals surface area (Å²) >= 11 is 32.3. The van der Waals surface area contributed by atoms with E-state index in [-0.39, 0.29) is 65.3 Å². The number of rotatable bonds is 5. The van der Waals surface area contributed by atoms with Crippen LogP contribution in [0.4, 0.5) is 5.69 Å². The molecule has 2 atom stereocenters. The second-order valence-electron chi connectivity index (χ2n) is 11.1. The number of amides is 1. The van der Waals surface area contributed by atoms with Gasteiger partial charge in [0.1, 0.15) is 28.1 Å². The van der Waals surface area contributed by atoms with E-state index in [1.807, 2.05) is 31.7 Å². The number of carbonyl (C=O) groups is 1. The number of pyridine rings is 2. The number of aromatic hydroxyl groups is 1. The molecule has 14 heteroatoms. The zero-order valence-corrected chi connectivity index (χ0v) is 28.2. The molecule has 4 heterocycles. The number of nitrogens with zero attached hydrogens (tertiary/aromatic N) is 6. The van der Waals surface area contributed by atoms with Gasteiger partial charge in [-0.05, 0) is 18.1 Å². The van der Waals surface area contributed by atoms with E-state index in [2.05, 4.69) is 17.6 Å². The van der Waals surface area contributed by atoms with Crippen LogP contribution in [0.3, 0.4) is 0 Å². The molecular weight excluding hydrogens is 682 g/mol. The maximum Gasteiger partial charge on any atom is 0.272 e. The van der Waals surface area contributed by atoms with Gasteiger partial charge in [-0.3, -0.25) is 19.1 Å². The lowest BCUT2D eigenvalue weighted by Crippen LogP contribution is -2.49. The van der Waals surface area contributed by atoms with Crippen LogP contribution in [-0.2, 0) is 4.79 Å². The van der Waals surface area contributed by atoms with Crippen molar-refractivity contribution in [1.29, 1.82) is 5.26 Å². The fourth-order valence-corrected chi connectivity index (χ4v) is 7.02. The molecule has 1 aromatic carbocycles. The average molecular weight is 709 g/mol. The van der Waals surface area contributed by atoms with Gasteiger partial charge >= 0.3 is 0 Å². The Hall–Kier alpha value is -3.26. The van der Waals surface area contributed by atoms with E-state index in [0.29, 0.717) is 37.3 Å². The van der Waals surface area contributed by atoms with Crippen LogP contribution in [0, 0.1) is 23.2 Å². The van der Waals surface area contributed by atoms with Gasteiger partial charge in [-0.25, -0.2) is 4.98 Å². The van der Waals surface area contributed by atoms with Crippen molar-refractivity contribution >= 4 is 86.3 Å². The van der Waals surface area contributed by atoms with E-state index in [1.165, 1.54) is 10.6 Å². The molecule has 2 aliphatic rings. The summed E-state index contributed by atoms with van der Waals surface area (Å²) < 4.78 is 1.46. The molecule has 1 N–H and O–H groups in total. The fraction of sp³-hybridized carbons (Fsp3) is 0.323. The van der Waals surface area contributed by atoms with Gasteiger partial charge in [0.2, 0.25) is 5.91 Å². The maximum absolute atomic E-state index is 14.5. The van der Waals surface area contributed by atoms with E-state index in [4.69, 9.17) is 63.0 Å². The van der Waals surface area contributed by atoms with Gasteiger partial charge in [0.25, 0.3) is 5.56 Å². The fourth-order valence-electron chi connectivity index (χ4n) is 5.84. The quantitative estimate of drug-likeness (QED) is 0.166. The number of hydrogen-bond acceptors (Lipinski definition) is 7. The number of nitriles is 1. The Labute approximate surface area is 284 Å². The lowest BCUT2D eigenvalue weighted by atomic mass is 9.88. The van der Waals surface area contributed by atoms with Crippen LogP contribution in [-0.4, -0.2) is 57.4 Å². The Balaban J connectivity index is 1.88. The molecule has 1 fully saturated rings. The van der Waals surface area contributed by atoms with Crippen LogP contribution in [0.5, 0.6) is 5.75 Å². The van der Waals surface area contributed by atoms with Crippen LogP contribution in [0.25, 0.3) is 22.3 Å². The third-order valence-corrected chi connectivity index (χ3v) is 10.1. The highest BCUT2D eigenvalue weighted by Crippen LogP contribution is 2.51. The zero-order chi connectivity index (χ0) is 32.9. The van der Waals surface area contributed by atoms with Crippen molar-refractivity contribution in [2.24, 2.45) is 16.8 Å². The number of aromatic nitrogens is 2. The number of fused-ring (bicyclic) bond motifs is 1. The van der Waals surface area contributed by atoms with Gasteiger partial charge in [-0.1, -0.05) is 91.4 Å². The molecule has 3 aromatic rings. The van der Waals surface area contributed by atoms with Gasteiger partial charge in [0.15, 0.2) is 0 Å². The minimum absolute atomic E-state index is 0.000574. The summed E-state index contributed by atoms with van der Waals surface area (Å²) in [6, 6.07) is 3.11. The molecule has 234 valence electrons. The number of benzene rings is 1. The van der Waals surface area contributed by atoms with Gasteiger partial charge < -0.3 is 14.9 Å². The molecule has 0 spiro atoms. The number of aliphatic imine (C=N–C) groups is 1. The largest absolute Gasteiger partial charge is 0.506 e. The summed E-state index contributed by atoms with van der Waals surface area (Å²) in [5, 5.41) is 21.3. The van der Waals surface area contributed by atoms with E-state index in [0.717, 1.165) is 5.71 Å². The van der Waals surface area contributed by atoms with Gasteiger partial charge in [-0.15, -0.1) is 0 Å². The highest BCUT2D eigenvalue weighted by Gasteiger charge is 2.35. The summed E-state index contributed by atoms with van der Waals surface area (Å²) in [5.74, 6) is -0.955. The molecule has 9 nitrogen and oxygen atoms in total. The van der Waals surface area contributed by atoms with Crippen LogP contribution in [0.15, 0.2) is 40.8 Å². The highest BCUT2D eigenvalue weighted by molar-refractivity contribution is 6.53. The first-order valence-corrected chi connectivity index (χ1v) is 15.9. The molecular formula is C31H27Cl5N6O3. The minimum atomic E-state index is -0.601. The van der Waals surface area contributed by atoms with Crippen LogP contribution < -0.4 is 10.5 Å². The second kappa shape index (κ2) is 12.9. The molecule has 0 radical (unpaired) electrons. The van der Waals surface area contributed by atoms with Gasteiger partial charge in [0.05, 0.1) is 43.1 Å². The first kappa shape index (κ1) is 33.1. The normalized spacial score (nSPS) is 18.4. The Morgan fingerprint density at radius 3 is 2.36 bits per heavy atom. The number of phenols is 1. The van der Waals surface area contributed by atoms with Crippen molar-refractivity contribution in [1.82, 2.24) is 14.5 Å². The molecule has 45 heavy (non-hydrogen) atoms. The molecule has 0 saturated carbocycles. The Morgan fingerprint density at radius 2 is 1.76 bits per heavy atom. The Kier molecular flexibility index (Phi) is 9.46. The number of allylic oxidation sites excluding steroid dienone is 1. The molecule has 5 rings (SSSR count). The Bertz CT molecular complexity index is 1890. The van der Waals surface area contributed by atoms with Gasteiger partial charge in [0, 0.05) is 49.4 Å². The van der Waals surface area contributed by atoms with E-state index in [9.17, 15) is 20.0 Å². The number of piperazine rings is 1. The number of anilines is 1. The molecule has 1 unspecified atom stereocenters. The van der Waals surface area contributed by atoms with Crippen molar-refractivity contribution in [2.45, 2.75) is 26.8 Å². The molecule has 0 aliphatic carbocycles. The third-order valence-electron chi connectivity index (χ3n) is 8.07. The molecule has 2 aromatic heterocycles. The monoisotopic (exact) mass is 706 g/mol. The molecule has 0 bridgehead atoms. The van der Waals surface area contributed by atoms with Crippen molar-refractivity contribution in [2.75, 3.05) is 31.1 Å². The zero-order valence-electron chi connectivity index (χ0n) is 24.4. The van der Waals surface area contributed by atoms with Crippen LogP contribution in [0.2, 0.25) is 25.1 Å². The summed E-state index contributed by atoms with van der Waals surface area (Å²) in [5.41, 5.74) is 0.492. The lowest BCUT2D eigenvalue weighted by Gasteiger charge is -2.37. The summed E-state index contributed by atoms with van der Waals surface area (Å²) in [4.78, 5) is 39.7. The second-order valence-corrected chi connectivity index (χ2v) is 13.0. The van der Waals surface area contributed by atoms with Crippen molar-refractivity contribution < 1.29 is 9.90 Å². The number of halogens is 5. The summed E-state index contributed by atoms with van der Waals surface area (Å²) in [6.07, 6.45) is 4.84. The van der Waals surface area contributed by atoms with E-state index in [1.54, 1.807) is 17.2 Å². The number of hydrogen-bond donors (Lipinski definition) is 1. The number of carbonyl (C=O) groups excluding carboxylic acids is 1. The highest BCUT2D eigenvalue weighted by atomic mass is 35.5. The predicted molar refractivity (Wildman–Crippen MR) is 181 cm³/mol. The van der Waals surface area contributed by atoms with E-state index >= 15 is 0 Å². The SMILES string of the molecule is C=CC(=O)N1CCN(c2c(C#N)c(=O)n(C3C(C(C)C)=NC=C[C@H]3C)c3nc(-c4c(O)c(Cl)c(Cl)c(Cl)c4Cl)c(Cl)cc23)CC1. The van der Waals surface area contributed by atoms with Gasteiger partial charge in [-0.2, -0.15) is 5.26 Å². The first-order chi connectivity index (χ1) is 21.3. The predicted octanol–water partition coefficient (Wildman–Crippen LogP) is 7.54. The van der Waals surface area contributed by atoms with Crippen molar-refractivity contribution in [3.05, 3.63) is 72.0 Å². The smallest absolute Gasteiger partial charge is 0.272 e. The topological polar surface area (TPSA) is 115 Å². The van der Waals surface area contributed by atoms with Crippen molar-refractivity contribution in [3.8, 4) is 23.1 Å². The molecule has 1 saturated heterocycles. The number of phenolic OH excluding ortho intramolecular Hbond substituents is 1. The Morgan fingerprint density at radius 1 is 1.11 bits per heavy atom. The lowest BCUT2D eigenvalue weighted by molar-refractivity contribution is -0.126. The summed E-state index contributed by atoms with van der Waals surface area (Å²) in [6.45, 7) is 10.8. The molecule has 2 aliphatic heterocycles. The third kappa shape index (κ3) is 5.57.